The molecule has 1 aliphatic heterocycles. The molecular formula is C20H19FN10O2. The Hall–Kier alpha value is -4.26. The average molecular weight is 450 g/mol. The van der Waals surface area contributed by atoms with Gasteiger partial charge >= 0.3 is 0 Å². The molecule has 5 heterocycles. The van der Waals surface area contributed by atoms with Gasteiger partial charge in [0.05, 0.1) is 23.8 Å². The van der Waals surface area contributed by atoms with Crippen LogP contribution in [0.3, 0.4) is 0 Å². The third-order valence-electron chi connectivity index (χ3n) is 5.34. The van der Waals surface area contributed by atoms with Crippen molar-refractivity contribution in [3.63, 3.8) is 0 Å². The molecule has 4 aromatic rings. The lowest BCUT2D eigenvalue weighted by Crippen LogP contribution is -2.36. The molecule has 0 unspecified atom stereocenters. The molecule has 4 aromatic heterocycles. The Bertz CT molecular complexity index is 1350. The van der Waals surface area contributed by atoms with Crippen LogP contribution in [0.1, 0.15) is 12.1 Å². The normalized spacial score (nSPS) is 18.2. The number of nitrogens with one attached hydrogen (secondary N) is 1. The number of aryl methyl sites for hydroxylation is 1. The SMILES string of the molecule is CN1CC[C@@](O)(c2cn(-c3cccc(-c4ccnc(Nc5cn(C)nc5F)n4)n3)nn2)C1=O. The zero-order valence-corrected chi connectivity index (χ0v) is 17.7. The van der Waals surface area contributed by atoms with Crippen LogP contribution in [0.4, 0.5) is 16.0 Å². The molecule has 168 valence electrons. The highest BCUT2D eigenvalue weighted by Crippen LogP contribution is 2.31. The van der Waals surface area contributed by atoms with Crippen molar-refractivity contribution in [1.82, 2.24) is 44.6 Å². The first-order valence-corrected chi connectivity index (χ1v) is 10.0. The maximum Gasteiger partial charge on any atom is 0.260 e. The highest BCUT2D eigenvalue weighted by atomic mass is 19.1. The molecule has 0 spiro atoms. The van der Waals surface area contributed by atoms with Crippen molar-refractivity contribution in [1.29, 1.82) is 0 Å². The fraction of sp³-hybridized carbons (Fsp3) is 0.250. The predicted octanol–water partition coefficient (Wildman–Crippen LogP) is 0.785. The predicted molar refractivity (Wildman–Crippen MR) is 113 cm³/mol. The molecule has 1 atom stereocenters. The number of hydrogen-bond acceptors (Lipinski definition) is 9. The van der Waals surface area contributed by atoms with Crippen molar-refractivity contribution < 1.29 is 14.3 Å². The minimum absolute atomic E-state index is 0.150. The summed E-state index contributed by atoms with van der Waals surface area (Å²) in [7, 11) is 3.24. The van der Waals surface area contributed by atoms with E-state index in [1.54, 1.807) is 38.4 Å². The van der Waals surface area contributed by atoms with Crippen molar-refractivity contribution in [3.8, 4) is 17.2 Å². The Morgan fingerprint density at radius 1 is 1.15 bits per heavy atom. The summed E-state index contributed by atoms with van der Waals surface area (Å²) in [4.78, 5) is 26.9. The molecule has 12 nitrogen and oxygen atoms in total. The largest absolute Gasteiger partial charge is 0.374 e. The van der Waals surface area contributed by atoms with E-state index in [2.05, 4.69) is 35.7 Å². The lowest BCUT2D eigenvalue weighted by molar-refractivity contribution is -0.143. The van der Waals surface area contributed by atoms with Crippen LogP contribution in [0, 0.1) is 5.95 Å². The van der Waals surface area contributed by atoms with Crippen molar-refractivity contribution in [2.45, 2.75) is 12.0 Å². The van der Waals surface area contributed by atoms with Gasteiger partial charge in [0.2, 0.25) is 5.95 Å². The molecule has 13 heteroatoms. The van der Waals surface area contributed by atoms with Crippen molar-refractivity contribution in [2.24, 2.45) is 7.05 Å². The Morgan fingerprint density at radius 2 is 1.97 bits per heavy atom. The van der Waals surface area contributed by atoms with Gasteiger partial charge in [-0.15, -0.1) is 10.2 Å². The molecule has 1 amide bonds. The number of nitrogens with zero attached hydrogens (tertiary/aromatic N) is 9. The van der Waals surface area contributed by atoms with Crippen LogP contribution in [-0.2, 0) is 17.4 Å². The number of hydrogen-bond donors (Lipinski definition) is 2. The third-order valence-corrected chi connectivity index (χ3v) is 5.34. The van der Waals surface area contributed by atoms with E-state index in [-0.39, 0.29) is 23.8 Å². The van der Waals surface area contributed by atoms with E-state index < -0.39 is 17.5 Å². The van der Waals surface area contributed by atoms with E-state index in [4.69, 9.17) is 0 Å². The van der Waals surface area contributed by atoms with Crippen LogP contribution in [-0.4, -0.2) is 69.2 Å². The Morgan fingerprint density at radius 3 is 2.70 bits per heavy atom. The van der Waals surface area contributed by atoms with Crippen molar-refractivity contribution in [2.75, 3.05) is 18.9 Å². The molecule has 0 aliphatic carbocycles. The number of amides is 1. The Labute approximate surface area is 186 Å². The first kappa shape index (κ1) is 20.6. The molecule has 33 heavy (non-hydrogen) atoms. The third kappa shape index (κ3) is 3.67. The number of likely N-dealkylation sites (N-methyl/N-ethyl adjacent to an activating group) is 1. The lowest BCUT2D eigenvalue weighted by atomic mass is 9.99. The van der Waals surface area contributed by atoms with Gasteiger partial charge < -0.3 is 15.3 Å². The first-order valence-electron chi connectivity index (χ1n) is 10.0. The number of carbonyl (C=O) groups excluding carboxylic acids is 1. The average Bonchev–Trinajstić information content (AvgIpc) is 3.50. The van der Waals surface area contributed by atoms with Gasteiger partial charge in [-0.1, -0.05) is 11.3 Å². The van der Waals surface area contributed by atoms with Crippen molar-refractivity contribution in [3.05, 3.63) is 54.5 Å². The molecule has 1 fully saturated rings. The summed E-state index contributed by atoms with van der Waals surface area (Å²) >= 11 is 0. The van der Waals surface area contributed by atoms with Crippen LogP contribution in [0.2, 0.25) is 0 Å². The van der Waals surface area contributed by atoms with E-state index in [9.17, 15) is 14.3 Å². The molecule has 5 rings (SSSR count). The number of aromatic nitrogens is 8. The molecule has 2 N–H and O–H groups in total. The first-order chi connectivity index (χ1) is 15.8. The van der Waals surface area contributed by atoms with Crippen LogP contribution in [0.5, 0.6) is 0 Å². The zero-order valence-electron chi connectivity index (χ0n) is 17.7. The number of rotatable bonds is 5. The molecular weight excluding hydrogens is 431 g/mol. The summed E-state index contributed by atoms with van der Waals surface area (Å²) in [5.74, 6) is -0.481. The second-order valence-electron chi connectivity index (χ2n) is 7.66. The van der Waals surface area contributed by atoms with Gasteiger partial charge in [0.25, 0.3) is 11.9 Å². The summed E-state index contributed by atoms with van der Waals surface area (Å²) in [5, 5.41) is 25.3. The maximum atomic E-state index is 13.8. The standard InChI is InChI=1S/C20H19FN10O2/c1-29-9-7-20(33,18(29)32)15-11-31(28-26-15)16-5-3-4-12(23-16)13-6-8-22-19(24-13)25-14-10-30(2)27-17(14)21/h3-6,8,10-11,33H,7,9H2,1-2H3,(H,22,24,25)/t20-/m1/s1. The number of aliphatic hydroxyl groups is 1. The Kier molecular flexibility index (Phi) is 4.82. The van der Waals surface area contributed by atoms with Gasteiger partial charge in [0.1, 0.15) is 11.4 Å². The van der Waals surface area contributed by atoms with E-state index >= 15 is 0 Å². The fourth-order valence-electron chi connectivity index (χ4n) is 3.58. The van der Waals surface area contributed by atoms with Gasteiger partial charge in [-0.3, -0.25) is 9.48 Å². The van der Waals surface area contributed by atoms with Crippen molar-refractivity contribution >= 4 is 17.5 Å². The second-order valence-corrected chi connectivity index (χ2v) is 7.66. The highest BCUT2D eigenvalue weighted by Gasteiger charge is 2.47. The molecule has 1 saturated heterocycles. The fourth-order valence-corrected chi connectivity index (χ4v) is 3.58. The van der Waals surface area contributed by atoms with Crippen LogP contribution in [0.25, 0.3) is 17.2 Å². The summed E-state index contributed by atoms with van der Waals surface area (Å²) in [6.45, 7) is 0.433. The molecule has 0 bridgehead atoms. The monoisotopic (exact) mass is 450 g/mol. The number of likely N-dealkylation sites (tertiary alicyclic amines) is 1. The highest BCUT2D eigenvalue weighted by molar-refractivity contribution is 5.87. The van der Waals surface area contributed by atoms with Gasteiger partial charge in [-0.25, -0.2) is 19.6 Å². The molecule has 0 saturated carbocycles. The summed E-state index contributed by atoms with van der Waals surface area (Å²) < 4.78 is 16.6. The number of anilines is 2. The van der Waals surface area contributed by atoms with E-state index in [1.165, 1.54) is 32.9 Å². The molecule has 1 aliphatic rings. The second kappa shape index (κ2) is 7.70. The number of carbonyl (C=O) groups is 1. The number of pyridine rings is 1. The maximum absolute atomic E-state index is 13.8. The number of halogens is 1. The quantitative estimate of drug-likeness (QED) is 0.451. The van der Waals surface area contributed by atoms with E-state index in [1.807, 2.05) is 0 Å². The van der Waals surface area contributed by atoms with Crippen LogP contribution >= 0.6 is 0 Å². The summed E-state index contributed by atoms with van der Waals surface area (Å²) in [5.41, 5.74) is -0.380. The minimum atomic E-state index is -1.70. The van der Waals surface area contributed by atoms with Gasteiger partial charge in [0.15, 0.2) is 11.4 Å². The van der Waals surface area contributed by atoms with Crippen LogP contribution in [0.15, 0.2) is 42.9 Å². The smallest absolute Gasteiger partial charge is 0.260 e. The summed E-state index contributed by atoms with van der Waals surface area (Å²) in [6, 6.07) is 6.89. The Balaban J connectivity index is 1.42. The molecule has 0 radical (unpaired) electrons. The van der Waals surface area contributed by atoms with Gasteiger partial charge in [-0.05, 0) is 18.2 Å². The van der Waals surface area contributed by atoms with Crippen LogP contribution < -0.4 is 5.32 Å². The summed E-state index contributed by atoms with van der Waals surface area (Å²) in [6.07, 6.45) is 4.73. The lowest BCUT2D eigenvalue weighted by Gasteiger charge is -2.17. The van der Waals surface area contributed by atoms with E-state index in [0.29, 0.717) is 23.8 Å². The van der Waals surface area contributed by atoms with Gasteiger partial charge in [-0.2, -0.15) is 4.39 Å². The zero-order chi connectivity index (χ0) is 23.2. The molecule has 0 aromatic carbocycles. The van der Waals surface area contributed by atoms with Gasteiger partial charge in [0, 0.05) is 33.3 Å². The van der Waals surface area contributed by atoms with E-state index in [0.717, 1.165) is 0 Å². The minimum Gasteiger partial charge on any atom is -0.374 e. The topological polar surface area (TPSA) is 140 Å².